The molecule has 5 nitrogen and oxygen atoms in total. The van der Waals surface area contributed by atoms with E-state index in [1.807, 2.05) is 5.38 Å². The minimum absolute atomic E-state index is 0.00596. The predicted octanol–water partition coefficient (Wildman–Crippen LogP) is 4.06. The smallest absolute Gasteiger partial charge is 0.241 e. The summed E-state index contributed by atoms with van der Waals surface area (Å²) in [7, 11) is -3.89. The number of hydrogen-bond acceptors (Lipinski definition) is 6. The van der Waals surface area contributed by atoms with Crippen LogP contribution < -0.4 is 9.46 Å². The van der Waals surface area contributed by atoms with Crippen LogP contribution in [-0.2, 0) is 16.6 Å². The number of carbonyl (C=O) groups excluding carboxylic acids is 1. The minimum Gasteiger partial charge on any atom is -0.491 e. The molecule has 0 aliphatic carbocycles. The van der Waals surface area contributed by atoms with Crippen LogP contribution in [0.25, 0.3) is 0 Å². The zero-order valence-electron chi connectivity index (χ0n) is 14.3. The lowest BCUT2D eigenvalue weighted by molar-refractivity contribution is 0.104. The summed E-state index contributed by atoms with van der Waals surface area (Å²) in [5, 5.41) is 1.83. The van der Waals surface area contributed by atoms with Gasteiger partial charge in [0.05, 0.1) is 21.3 Å². The maximum Gasteiger partial charge on any atom is 0.241 e. The van der Waals surface area contributed by atoms with Crippen molar-refractivity contribution in [1.29, 1.82) is 0 Å². The zero-order valence-corrected chi connectivity index (χ0v) is 16.7. The molecule has 0 aliphatic heterocycles. The van der Waals surface area contributed by atoms with Crippen LogP contribution in [-0.4, -0.2) is 20.8 Å². The van der Waals surface area contributed by atoms with Crippen LogP contribution in [0.5, 0.6) is 5.75 Å². The summed E-state index contributed by atoms with van der Waals surface area (Å²) in [6.07, 6.45) is 0. The molecular formula is C18H16FNO4S3. The van der Waals surface area contributed by atoms with Gasteiger partial charge in [-0.3, -0.25) is 4.79 Å². The van der Waals surface area contributed by atoms with Gasteiger partial charge in [-0.25, -0.2) is 17.5 Å². The van der Waals surface area contributed by atoms with E-state index in [9.17, 15) is 17.6 Å². The normalized spacial score (nSPS) is 11.5. The molecule has 9 heteroatoms. The number of thiophene rings is 2. The molecule has 0 spiro atoms. The van der Waals surface area contributed by atoms with E-state index in [1.54, 1.807) is 31.2 Å². The maximum atomic E-state index is 13.9. The van der Waals surface area contributed by atoms with Crippen LogP contribution in [0.15, 0.2) is 52.7 Å². The van der Waals surface area contributed by atoms with E-state index >= 15 is 0 Å². The number of benzene rings is 1. The Morgan fingerprint density at radius 2 is 2.00 bits per heavy atom. The van der Waals surface area contributed by atoms with E-state index in [4.69, 9.17) is 4.74 Å². The first-order valence-corrected chi connectivity index (χ1v) is 11.2. The van der Waals surface area contributed by atoms with Gasteiger partial charge in [0.15, 0.2) is 11.6 Å². The Kier molecular flexibility index (Phi) is 6.05. The number of nitrogens with one attached hydrogen (secondary N) is 1. The molecule has 2 heterocycles. The van der Waals surface area contributed by atoms with Crippen molar-refractivity contribution in [2.75, 3.05) is 6.61 Å². The van der Waals surface area contributed by atoms with Crippen molar-refractivity contribution in [2.45, 2.75) is 18.4 Å². The summed E-state index contributed by atoms with van der Waals surface area (Å²) in [5.74, 6) is -0.816. The summed E-state index contributed by atoms with van der Waals surface area (Å²) >= 11 is 2.58. The minimum atomic E-state index is -3.89. The van der Waals surface area contributed by atoms with Crippen LogP contribution >= 0.6 is 22.7 Å². The van der Waals surface area contributed by atoms with Gasteiger partial charge in [0.1, 0.15) is 0 Å². The summed E-state index contributed by atoms with van der Waals surface area (Å²) in [4.78, 5) is 14.0. The molecule has 0 fully saturated rings. The fourth-order valence-corrected chi connectivity index (χ4v) is 5.05. The fraction of sp³-hybridized carbons (Fsp3) is 0.167. The van der Waals surface area contributed by atoms with E-state index in [1.165, 1.54) is 34.8 Å². The molecule has 0 atom stereocenters. The second kappa shape index (κ2) is 8.30. The average Bonchev–Trinajstić information content (AvgIpc) is 3.33. The number of ketones is 1. The highest BCUT2D eigenvalue weighted by Gasteiger charge is 2.18. The Labute approximate surface area is 164 Å². The number of carbonyl (C=O) groups is 1. The SMILES string of the molecule is CCOc1ccc(S(=O)(=O)NCc2ccc(C(=O)c3cccs3)s2)cc1F. The third-order valence-electron chi connectivity index (χ3n) is 3.58. The summed E-state index contributed by atoms with van der Waals surface area (Å²) in [6, 6.07) is 10.4. The van der Waals surface area contributed by atoms with E-state index in [2.05, 4.69) is 4.72 Å². The monoisotopic (exact) mass is 425 g/mol. The van der Waals surface area contributed by atoms with Crippen molar-refractivity contribution in [3.8, 4) is 5.75 Å². The second-order valence-corrected chi connectivity index (χ2v) is 9.31. The largest absolute Gasteiger partial charge is 0.491 e. The molecule has 0 saturated heterocycles. The quantitative estimate of drug-likeness (QED) is 0.553. The van der Waals surface area contributed by atoms with Crippen molar-refractivity contribution in [1.82, 2.24) is 4.72 Å². The zero-order chi connectivity index (χ0) is 19.4. The molecule has 0 aliphatic rings. The van der Waals surface area contributed by atoms with E-state index in [0.29, 0.717) is 14.6 Å². The first kappa shape index (κ1) is 19.7. The Morgan fingerprint density at radius 1 is 1.19 bits per heavy atom. The first-order chi connectivity index (χ1) is 12.9. The molecule has 1 N–H and O–H groups in total. The molecule has 3 rings (SSSR count). The third kappa shape index (κ3) is 4.62. The third-order valence-corrected chi connectivity index (χ3v) is 6.93. The molecule has 0 bridgehead atoms. The molecule has 1 aromatic carbocycles. The van der Waals surface area contributed by atoms with E-state index < -0.39 is 15.8 Å². The topological polar surface area (TPSA) is 72.5 Å². The number of halogens is 1. The molecule has 0 radical (unpaired) electrons. The lowest BCUT2D eigenvalue weighted by atomic mass is 10.3. The highest BCUT2D eigenvalue weighted by Crippen LogP contribution is 2.24. The number of rotatable bonds is 8. The molecule has 27 heavy (non-hydrogen) atoms. The van der Waals surface area contributed by atoms with Crippen molar-refractivity contribution in [3.05, 3.63) is 68.3 Å². The first-order valence-electron chi connectivity index (χ1n) is 7.99. The van der Waals surface area contributed by atoms with Crippen molar-refractivity contribution >= 4 is 38.5 Å². The van der Waals surface area contributed by atoms with Gasteiger partial charge in [-0.1, -0.05) is 6.07 Å². The van der Waals surface area contributed by atoms with Crippen molar-refractivity contribution in [2.24, 2.45) is 0 Å². The van der Waals surface area contributed by atoms with Crippen LogP contribution in [0, 0.1) is 5.82 Å². The van der Waals surface area contributed by atoms with Crippen LogP contribution in [0.4, 0.5) is 4.39 Å². The standard InChI is InChI=1S/C18H16FNO4S3/c1-2-24-15-7-6-13(10-14(15)19)27(22,23)20-11-12-5-8-17(26-12)18(21)16-4-3-9-25-16/h3-10,20H,2,11H2,1H3. The summed E-state index contributed by atoms with van der Waals surface area (Å²) < 4.78 is 46.1. The van der Waals surface area contributed by atoms with Gasteiger partial charge >= 0.3 is 0 Å². The van der Waals surface area contributed by atoms with Crippen molar-refractivity contribution in [3.63, 3.8) is 0 Å². The van der Waals surface area contributed by atoms with E-state index in [0.717, 1.165) is 6.07 Å². The van der Waals surface area contributed by atoms with Gasteiger partial charge in [-0.05, 0) is 48.7 Å². The second-order valence-electron chi connectivity index (χ2n) is 5.42. The Balaban J connectivity index is 1.69. The van der Waals surface area contributed by atoms with Crippen LogP contribution in [0.3, 0.4) is 0 Å². The summed E-state index contributed by atoms with van der Waals surface area (Å²) in [5.41, 5.74) is 0. The molecule has 0 saturated carbocycles. The lowest BCUT2D eigenvalue weighted by Crippen LogP contribution is -2.23. The Bertz CT molecular complexity index is 1040. The number of ether oxygens (including phenoxy) is 1. The van der Waals surface area contributed by atoms with E-state index in [-0.39, 0.29) is 29.6 Å². The molecule has 3 aromatic rings. The lowest BCUT2D eigenvalue weighted by Gasteiger charge is -2.08. The number of sulfonamides is 1. The van der Waals surface area contributed by atoms with Gasteiger partial charge in [-0.2, -0.15) is 0 Å². The van der Waals surface area contributed by atoms with Crippen LogP contribution in [0.2, 0.25) is 0 Å². The maximum absolute atomic E-state index is 13.9. The van der Waals surface area contributed by atoms with Crippen LogP contribution in [0.1, 0.15) is 26.3 Å². The molecule has 0 unspecified atom stereocenters. The number of hydrogen-bond donors (Lipinski definition) is 1. The molecular weight excluding hydrogens is 409 g/mol. The highest BCUT2D eigenvalue weighted by molar-refractivity contribution is 7.89. The molecule has 2 aromatic heterocycles. The average molecular weight is 426 g/mol. The Morgan fingerprint density at radius 3 is 2.67 bits per heavy atom. The molecule has 0 amide bonds. The van der Waals surface area contributed by atoms with Gasteiger partial charge < -0.3 is 4.74 Å². The fourth-order valence-electron chi connectivity index (χ4n) is 2.29. The van der Waals surface area contributed by atoms with Gasteiger partial charge in [0.2, 0.25) is 15.8 Å². The molecule has 142 valence electrons. The summed E-state index contributed by atoms with van der Waals surface area (Å²) in [6.45, 7) is 2.01. The van der Waals surface area contributed by atoms with Gasteiger partial charge in [0, 0.05) is 11.4 Å². The van der Waals surface area contributed by atoms with Crippen molar-refractivity contribution < 1.29 is 22.3 Å². The Hall–Kier alpha value is -2.07. The van der Waals surface area contributed by atoms with Gasteiger partial charge in [0.25, 0.3) is 0 Å². The van der Waals surface area contributed by atoms with Gasteiger partial charge in [-0.15, -0.1) is 22.7 Å². The predicted molar refractivity (Wildman–Crippen MR) is 104 cm³/mol. The highest BCUT2D eigenvalue weighted by atomic mass is 32.2.